The van der Waals surface area contributed by atoms with E-state index in [0.29, 0.717) is 6.61 Å². The number of hydrogen-bond donors (Lipinski definition) is 0. The maximum absolute atomic E-state index is 10.9. The van der Waals surface area contributed by atoms with E-state index in [2.05, 4.69) is 0 Å². The fourth-order valence-electron chi connectivity index (χ4n) is 0.889. The van der Waals surface area contributed by atoms with Gasteiger partial charge in [-0.1, -0.05) is 0 Å². The fourth-order valence-corrected chi connectivity index (χ4v) is 1.71. The van der Waals surface area contributed by atoms with Crippen LogP contribution in [0.1, 0.15) is 17.4 Å². The van der Waals surface area contributed by atoms with E-state index < -0.39 is 0 Å². The maximum atomic E-state index is 10.9. The van der Waals surface area contributed by atoms with Gasteiger partial charge in [0.1, 0.15) is 0 Å². The molecule has 2 nitrogen and oxygen atoms in total. The predicted octanol–water partition coefficient (Wildman–Crippen LogP) is 2.63. The molecule has 0 aliphatic rings. The van der Waals surface area contributed by atoms with Crippen LogP contribution in [0.4, 0.5) is 0 Å². The van der Waals surface area contributed by atoms with E-state index in [1.165, 1.54) is 11.6 Å². The van der Waals surface area contributed by atoms with Gasteiger partial charge in [0, 0.05) is 11.0 Å². The van der Waals surface area contributed by atoms with Gasteiger partial charge in [0.2, 0.25) is 0 Å². The fraction of sp³-hybridized carbons (Fsp3) is 0.300. The molecule has 0 fully saturated rings. The van der Waals surface area contributed by atoms with Gasteiger partial charge in [0.25, 0.3) is 0 Å². The molecule has 0 saturated heterocycles. The van der Waals surface area contributed by atoms with Crippen molar-refractivity contribution in [2.24, 2.45) is 0 Å². The first-order valence-electron chi connectivity index (χ1n) is 4.13. The van der Waals surface area contributed by atoms with Crippen molar-refractivity contribution in [2.75, 3.05) is 6.61 Å². The second-order valence-electron chi connectivity index (χ2n) is 2.55. The van der Waals surface area contributed by atoms with Crippen LogP contribution >= 0.6 is 11.3 Å². The highest BCUT2D eigenvalue weighted by atomic mass is 32.1. The zero-order chi connectivity index (χ0) is 9.68. The average Bonchev–Trinajstić information content (AvgIpc) is 2.48. The standard InChI is InChI=1S/C10H12O2S/c1-3-12-10(11)5-4-9-8(2)6-7-13-9/h4-7H,3H2,1-2H3/b5-4+. The molecule has 1 rings (SSSR count). The molecule has 0 atom stereocenters. The Morgan fingerprint density at radius 3 is 3.00 bits per heavy atom. The van der Waals surface area contributed by atoms with Gasteiger partial charge in [0.15, 0.2) is 0 Å². The van der Waals surface area contributed by atoms with Crippen LogP contribution in [-0.2, 0) is 9.53 Å². The number of hydrogen-bond acceptors (Lipinski definition) is 3. The lowest BCUT2D eigenvalue weighted by molar-refractivity contribution is -0.137. The first-order chi connectivity index (χ1) is 6.24. The maximum Gasteiger partial charge on any atom is 0.330 e. The number of esters is 1. The Morgan fingerprint density at radius 1 is 1.69 bits per heavy atom. The van der Waals surface area contributed by atoms with Crippen molar-refractivity contribution in [3.05, 3.63) is 28.0 Å². The zero-order valence-corrected chi connectivity index (χ0v) is 8.56. The number of carbonyl (C=O) groups excluding carboxylic acids is 1. The summed E-state index contributed by atoms with van der Waals surface area (Å²) < 4.78 is 4.76. The minimum absolute atomic E-state index is 0.282. The molecular formula is C10H12O2S. The van der Waals surface area contributed by atoms with Crippen LogP contribution in [0.5, 0.6) is 0 Å². The van der Waals surface area contributed by atoms with Gasteiger partial charge in [-0.2, -0.15) is 0 Å². The largest absolute Gasteiger partial charge is 0.463 e. The molecule has 1 heterocycles. The van der Waals surface area contributed by atoms with E-state index in [9.17, 15) is 4.79 Å². The van der Waals surface area contributed by atoms with Gasteiger partial charge >= 0.3 is 5.97 Å². The van der Waals surface area contributed by atoms with Crippen LogP contribution in [-0.4, -0.2) is 12.6 Å². The highest BCUT2D eigenvalue weighted by Crippen LogP contribution is 2.16. The Bertz CT molecular complexity index is 312. The molecular weight excluding hydrogens is 184 g/mol. The summed E-state index contributed by atoms with van der Waals surface area (Å²) in [4.78, 5) is 12.0. The van der Waals surface area contributed by atoms with Crippen molar-refractivity contribution in [1.29, 1.82) is 0 Å². The molecule has 0 aliphatic heterocycles. The molecule has 3 heteroatoms. The van der Waals surface area contributed by atoms with Crippen molar-refractivity contribution in [3.8, 4) is 0 Å². The first-order valence-corrected chi connectivity index (χ1v) is 5.01. The Labute approximate surface area is 81.8 Å². The zero-order valence-electron chi connectivity index (χ0n) is 7.74. The lowest BCUT2D eigenvalue weighted by atomic mass is 10.3. The Hall–Kier alpha value is -1.09. The second kappa shape index (κ2) is 4.82. The van der Waals surface area contributed by atoms with Gasteiger partial charge in [0.05, 0.1) is 6.61 Å². The summed E-state index contributed by atoms with van der Waals surface area (Å²) in [7, 11) is 0. The summed E-state index contributed by atoms with van der Waals surface area (Å²) in [6.07, 6.45) is 3.25. The molecule has 1 aromatic heterocycles. The van der Waals surface area contributed by atoms with Gasteiger partial charge in [-0.15, -0.1) is 11.3 Å². The van der Waals surface area contributed by atoms with Crippen molar-refractivity contribution >= 4 is 23.4 Å². The molecule has 0 bridgehead atoms. The highest BCUT2D eigenvalue weighted by molar-refractivity contribution is 7.11. The van der Waals surface area contributed by atoms with Crippen LogP contribution in [0.2, 0.25) is 0 Å². The molecule has 1 aromatic rings. The predicted molar refractivity (Wildman–Crippen MR) is 54.7 cm³/mol. The molecule has 70 valence electrons. The van der Waals surface area contributed by atoms with Crippen molar-refractivity contribution in [3.63, 3.8) is 0 Å². The quantitative estimate of drug-likeness (QED) is 0.548. The van der Waals surface area contributed by atoms with E-state index in [1.807, 2.05) is 18.4 Å². The summed E-state index contributed by atoms with van der Waals surface area (Å²) in [5, 5.41) is 2.00. The third kappa shape index (κ3) is 3.03. The number of rotatable bonds is 3. The summed E-state index contributed by atoms with van der Waals surface area (Å²) in [6.45, 7) is 4.23. The van der Waals surface area contributed by atoms with Gasteiger partial charge in [-0.3, -0.25) is 0 Å². The first kappa shape index (κ1) is 9.99. The molecule has 13 heavy (non-hydrogen) atoms. The topological polar surface area (TPSA) is 26.3 Å². The molecule has 0 spiro atoms. The van der Waals surface area contributed by atoms with Crippen molar-refractivity contribution in [2.45, 2.75) is 13.8 Å². The lowest BCUT2D eigenvalue weighted by Gasteiger charge is -1.94. The van der Waals surface area contributed by atoms with E-state index in [4.69, 9.17) is 4.74 Å². The minimum Gasteiger partial charge on any atom is -0.463 e. The number of ether oxygens (including phenoxy) is 1. The normalized spacial score (nSPS) is 10.6. The summed E-state index contributed by atoms with van der Waals surface area (Å²) >= 11 is 1.62. The van der Waals surface area contributed by atoms with Crippen molar-refractivity contribution in [1.82, 2.24) is 0 Å². The van der Waals surface area contributed by atoms with E-state index in [1.54, 1.807) is 24.3 Å². The molecule has 0 unspecified atom stereocenters. The van der Waals surface area contributed by atoms with Crippen LogP contribution in [0.3, 0.4) is 0 Å². The third-order valence-electron chi connectivity index (χ3n) is 1.56. The third-order valence-corrected chi connectivity index (χ3v) is 2.54. The number of aryl methyl sites for hydroxylation is 1. The van der Waals surface area contributed by atoms with Gasteiger partial charge in [-0.25, -0.2) is 4.79 Å². The molecule has 0 aromatic carbocycles. The van der Waals surface area contributed by atoms with E-state index in [-0.39, 0.29) is 5.97 Å². The van der Waals surface area contributed by atoms with Crippen LogP contribution in [0.15, 0.2) is 17.5 Å². The van der Waals surface area contributed by atoms with Crippen molar-refractivity contribution < 1.29 is 9.53 Å². The minimum atomic E-state index is -0.282. The average molecular weight is 196 g/mol. The second-order valence-corrected chi connectivity index (χ2v) is 3.50. The Kier molecular flexibility index (Phi) is 3.71. The van der Waals surface area contributed by atoms with Crippen LogP contribution < -0.4 is 0 Å². The molecule has 0 radical (unpaired) electrons. The smallest absolute Gasteiger partial charge is 0.330 e. The van der Waals surface area contributed by atoms with Gasteiger partial charge < -0.3 is 4.74 Å². The molecule has 0 aliphatic carbocycles. The Balaban J connectivity index is 2.58. The van der Waals surface area contributed by atoms with Crippen LogP contribution in [0.25, 0.3) is 6.08 Å². The van der Waals surface area contributed by atoms with E-state index >= 15 is 0 Å². The highest BCUT2D eigenvalue weighted by Gasteiger charge is 1.97. The Morgan fingerprint density at radius 2 is 2.46 bits per heavy atom. The summed E-state index contributed by atoms with van der Waals surface area (Å²) in [5.74, 6) is -0.282. The molecule has 0 amide bonds. The number of thiophene rings is 1. The summed E-state index contributed by atoms with van der Waals surface area (Å²) in [6, 6.07) is 2.02. The monoisotopic (exact) mass is 196 g/mol. The van der Waals surface area contributed by atoms with Crippen LogP contribution in [0, 0.1) is 6.92 Å². The lowest BCUT2D eigenvalue weighted by Crippen LogP contribution is -1.98. The van der Waals surface area contributed by atoms with E-state index in [0.717, 1.165) is 4.88 Å². The molecule has 0 N–H and O–H groups in total. The number of carbonyl (C=O) groups is 1. The van der Waals surface area contributed by atoms with Gasteiger partial charge in [-0.05, 0) is 36.9 Å². The summed E-state index contributed by atoms with van der Waals surface area (Å²) in [5.41, 5.74) is 1.19. The SMILES string of the molecule is CCOC(=O)/C=C/c1sccc1C. The molecule has 0 saturated carbocycles.